The van der Waals surface area contributed by atoms with Crippen molar-refractivity contribution in [2.24, 2.45) is 0 Å². The standard InChI is InChI=1S/C19H23F3N4O5S/c1-11-24-17(26-31-11)18(2,10-32(3,28)29)25-16(27)14-7-15(30-9-19(20,21)22)13(8-23-14)12-5-4-6-12/h7-8,12H,4-6,9-10H2,1-3H3,(H,25,27)/t18-/m0/s1. The molecule has 1 amide bonds. The largest absolute Gasteiger partial charge is 0.484 e. The topological polar surface area (TPSA) is 124 Å². The van der Waals surface area contributed by atoms with Gasteiger partial charge in [-0.25, -0.2) is 8.42 Å². The summed E-state index contributed by atoms with van der Waals surface area (Å²) in [6.07, 6.45) is 0.293. The van der Waals surface area contributed by atoms with Gasteiger partial charge in [0.1, 0.15) is 26.8 Å². The summed E-state index contributed by atoms with van der Waals surface area (Å²) in [5.74, 6) is -1.32. The molecule has 1 aliphatic carbocycles. The van der Waals surface area contributed by atoms with Gasteiger partial charge in [0.15, 0.2) is 12.4 Å². The number of halogens is 3. The number of alkyl halides is 3. The highest BCUT2D eigenvalue weighted by Gasteiger charge is 2.38. The third-order valence-electron chi connectivity index (χ3n) is 5.03. The second kappa shape index (κ2) is 8.68. The average Bonchev–Trinajstić information content (AvgIpc) is 3.04. The van der Waals surface area contributed by atoms with E-state index < -0.39 is 39.8 Å². The molecule has 3 rings (SSSR count). The first-order valence-corrected chi connectivity index (χ1v) is 11.8. The summed E-state index contributed by atoms with van der Waals surface area (Å²) in [6.45, 7) is 1.40. The van der Waals surface area contributed by atoms with E-state index in [1.165, 1.54) is 20.0 Å². The van der Waals surface area contributed by atoms with Gasteiger partial charge in [-0.3, -0.25) is 9.78 Å². The molecule has 1 N–H and O–H groups in total. The number of aromatic nitrogens is 3. The molecule has 13 heteroatoms. The molecule has 0 aromatic carbocycles. The lowest BCUT2D eigenvalue weighted by Gasteiger charge is -2.28. The smallest absolute Gasteiger partial charge is 0.422 e. The lowest BCUT2D eigenvalue weighted by molar-refractivity contribution is -0.153. The van der Waals surface area contributed by atoms with E-state index in [9.17, 15) is 26.4 Å². The molecule has 1 atom stereocenters. The Balaban J connectivity index is 1.90. The number of carbonyl (C=O) groups excluding carboxylic acids is 1. The first-order valence-electron chi connectivity index (χ1n) is 9.76. The number of carbonyl (C=O) groups is 1. The Morgan fingerprint density at radius 2 is 2.03 bits per heavy atom. The van der Waals surface area contributed by atoms with Gasteiger partial charge in [0.25, 0.3) is 5.91 Å². The normalized spacial score (nSPS) is 16.8. The lowest BCUT2D eigenvalue weighted by Crippen LogP contribution is -2.49. The Labute approximate surface area is 182 Å². The number of nitrogens with zero attached hydrogens (tertiary/aromatic N) is 3. The number of hydrogen-bond donors (Lipinski definition) is 1. The Kier molecular flexibility index (Phi) is 6.50. The van der Waals surface area contributed by atoms with Gasteiger partial charge in [0.2, 0.25) is 5.89 Å². The minimum Gasteiger partial charge on any atom is -0.484 e. The van der Waals surface area contributed by atoms with Crippen molar-refractivity contribution in [1.29, 1.82) is 0 Å². The van der Waals surface area contributed by atoms with Gasteiger partial charge >= 0.3 is 6.18 Å². The maximum atomic E-state index is 12.9. The fourth-order valence-electron chi connectivity index (χ4n) is 3.40. The maximum Gasteiger partial charge on any atom is 0.422 e. The molecule has 1 fully saturated rings. The molecule has 0 saturated heterocycles. The first-order chi connectivity index (χ1) is 14.8. The molecule has 0 aliphatic heterocycles. The predicted molar refractivity (Wildman–Crippen MR) is 106 cm³/mol. The van der Waals surface area contributed by atoms with Crippen molar-refractivity contribution < 1.29 is 35.6 Å². The van der Waals surface area contributed by atoms with Gasteiger partial charge < -0.3 is 14.6 Å². The fourth-order valence-corrected chi connectivity index (χ4v) is 4.65. The molecule has 0 unspecified atom stereocenters. The van der Waals surface area contributed by atoms with Crippen LogP contribution in [0.15, 0.2) is 16.8 Å². The number of sulfone groups is 1. The van der Waals surface area contributed by atoms with Gasteiger partial charge in [0.05, 0.1) is 5.75 Å². The summed E-state index contributed by atoms with van der Waals surface area (Å²) in [6, 6.07) is 1.14. The molecular formula is C19H23F3N4O5S. The van der Waals surface area contributed by atoms with Crippen molar-refractivity contribution in [3.05, 3.63) is 35.2 Å². The predicted octanol–water partition coefficient (Wildman–Crippen LogP) is 2.67. The van der Waals surface area contributed by atoms with Crippen LogP contribution >= 0.6 is 0 Å². The molecule has 32 heavy (non-hydrogen) atoms. The molecule has 2 aromatic heterocycles. The molecule has 2 aromatic rings. The molecule has 9 nitrogen and oxygen atoms in total. The number of hydrogen-bond acceptors (Lipinski definition) is 8. The Hall–Kier alpha value is -2.70. The number of rotatable bonds is 8. The van der Waals surface area contributed by atoms with Crippen molar-refractivity contribution >= 4 is 15.7 Å². The average molecular weight is 476 g/mol. The highest BCUT2D eigenvalue weighted by Crippen LogP contribution is 2.41. The van der Waals surface area contributed by atoms with Gasteiger partial charge in [0, 0.05) is 31.0 Å². The highest BCUT2D eigenvalue weighted by molar-refractivity contribution is 7.90. The number of pyridine rings is 1. The van der Waals surface area contributed by atoms with Crippen LogP contribution in [0, 0.1) is 6.92 Å². The quantitative estimate of drug-likeness (QED) is 0.617. The second-order valence-corrected chi connectivity index (χ2v) is 10.3. The lowest BCUT2D eigenvalue weighted by atomic mass is 9.80. The minimum absolute atomic E-state index is 0.0145. The number of amides is 1. The molecule has 1 saturated carbocycles. The van der Waals surface area contributed by atoms with Crippen molar-refractivity contribution in [3.8, 4) is 5.75 Å². The summed E-state index contributed by atoms with van der Waals surface area (Å²) < 4.78 is 71.9. The zero-order valence-electron chi connectivity index (χ0n) is 17.7. The van der Waals surface area contributed by atoms with Crippen molar-refractivity contribution in [2.45, 2.75) is 50.7 Å². The molecular weight excluding hydrogens is 453 g/mol. The van der Waals surface area contributed by atoms with Gasteiger partial charge in [-0.05, 0) is 25.7 Å². The molecule has 0 radical (unpaired) electrons. The van der Waals surface area contributed by atoms with E-state index in [1.807, 2.05) is 0 Å². The maximum absolute atomic E-state index is 12.9. The van der Waals surface area contributed by atoms with Crippen LogP contribution in [0.2, 0.25) is 0 Å². The van der Waals surface area contributed by atoms with Crippen LogP contribution in [0.3, 0.4) is 0 Å². The van der Waals surface area contributed by atoms with Crippen LogP contribution in [0.4, 0.5) is 13.2 Å². The summed E-state index contributed by atoms with van der Waals surface area (Å²) in [5, 5.41) is 6.24. The summed E-state index contributed by atoms with van der Waals surface area (Å²) in [5.41, 5.74) is -1.29. The monoisotopic (exact) mass is 476 g/mol. The Bertz CT molecular complexity index is 1100. The fraction of sp³-hybridized carbons (Fsp3) is 0.579. The first kappa shape index (κ1) is 24.0. The third-order valence-corrected chi connectivity index (χ3v) is 6.13. The summed E-state index contributed by atoms with van der Waals surface area (Å²) in [7, 11) is -3.60. The van der Waals surface area contributed by atoms with Crippen molar-refractivity contribution in [1.82, 2.24) is 20.4 Å². The number of aryl methyl sites for hydroxylation is 1. The highest BCUT2D eigenvalue weighted by atomic mass is 32.2. The van der Waals surface area contributed by atoms with E-state index in [0.717, 1.165) is 31.6 Å². The van der Waals surface area contributed by atoms with Crippen LogP contribution in [0.5, 0.6) is 5.75 Å². The van der Waals surface area contributed by atoms with Crippen LogP contribution < -0.4 is 10.1 Å². The molecule has 176 valence electrons. The van der Waals surface area contributed by atoms with E-state index in [-0.39, 0.29) is 29.1 Å². The van der Waals surface area contributed by atoms with E-state index in [0.29, 0.717) is 5.56 Å². The van der Waals surface area contributed by atoms with E-state index in [4.69, 9.17) is 9.26 Å². The zero-order valence-corrected chi connectivity index (χ0v) is 18.5. The molecule has 0 spiro atoms. The SMILES string of the molecule is Cc1nc([C@](C)(CS(C)(=O)=O)NC(=O)c2cc(OCC(F)(F)F)c(C3CCC3)cn2)no1. The van der Waals surface area contributed by atoms with Crippen LogP contribution in [-0.2, 0) is 15.4 Å². The van der Waals surface area contributed by atoms with Gasteiger partial charge in [-0.1, -0.05) is 11.6 Å². The molecule has 1 aliphatic rings. The van der Waals surface area contributed by atoms with E-state index >= 15 is 0 Å². The zero-order chi connectivity index (χ0) is 23.7. The second-order valence-electron chi connectivity index (χ2n) is 8.13. The van der Waals surface area contributed by atoms with Crippen LogP contribution in [-0.4, -0.2) is 54.2 Å². The molecule has 2 heterocycles. The molecule has 0 bridgehead atoms. The van der Waals surface area contributed by atoms with Gasteiger partial charge in [-0.2, -0.15) is 18.2 Å². The van der Waals surface area contributed by atoms with Crippen molar-refractivity contribution in [3.63, 3.8) is 0 Å². The van der Waals surface area contributed by atoms with Crippen LogP contribution in [0.1, 0.15) is 59.9 Å². The van der Waals surface area contributed by atoms with E-state index in [1.54, 1.807) is 0 Å². The minimum atomic E-state index is -4.55. The summed E-state index contributed by atoms with van der Waals surface area (Å²) >= 11 is 0. The Morgan fingerprint density at radius 3 is 2.53 bits per heavy atom. The van der Waals surface area contributed by atoms with Crippen molar-refractivity contribution in [2.75, 3.05) is 18.6 Å². The van der Waals surface area contributed by atoms with E-state index in [2.05, 4.69) is 20.4 Å². The third kappa shape index (κ3) is 5.96. The van der Waals surface area contributed by atoms with Crippen LogP contribution in [0.25, 0.3) is 0 Å². The number of ether oxygens (including phenoxy) is 1. The van der Waals surface area contributed by atoms with Gasteiger partial charge in [-0.15, -0.1) is 0 Å². The summed E-state index contributed by atoms with van der Waals surface area (Å²) in [4.78, 5) is 21.0. The number of nitrogens with one attached hydrogen (secondary N) is 1. The Morgan fingerprint density at radius 1 is 1.34 bits per heavy atom.